The predicted octanol–water partition coefficient (Wildman–Crippen LogP) is -0.224. The Kier molecular flexibility index (Phi) is 2.46. The summed E-state index contributed by atoms with van der Waals surface area (Å²) in [6, 6.07) is 0. The van der Waals surface area contributed by atoms with Gasteiger partial charge in [0, 0.05) is 18.2 Å². The van der Waals surface area contributed by atoms with E-state index in [1.807, 2.05) is 0 Å². The predicted molar refractivity (Wildman–Crippen MR) is 42.7 cm³/mol. The molecule has 1 aliphatic heterocycles. The minimum absolute atomic E-state index is 0.0547. The summed E-state index contributed by atoms with van der Waals surface area (Å²) >= 11 is 0. The third-order valence-corrected chi connectivity index (χ3v) is 1.74. The van der Waals surface area contributed by atoms with Gasteiger partial charge < -0.3 is 5.11 Å². The summed E-state index contributed by atoms with van der Waals surface area (Å²) in [5.74, 6) is -1.85. The van der Waals surface area contributed by atoms with Crippen LogP contribution in [0, 0.1) is 0 Å². The average molecular weight is 183 g/mol. The van der Waals surface area contributed by atoms with Crippen LogP contribution in [0.1, 0.15) is 13.3 Å². The Morgan fingerprint density at radius 3 is 2.54 bits per heavy atom. The highest BCUT2D eigenvalue weighted by molar-refractivity contribution is 6.15. The van der Waals surface area contributed by atoms with Crippen molar-refractivity contribution in [1.82, 2.24) is 4.90 Å². The Balaban J connectivity index is 2.59. The third-order valence-electron chi connectivity index (χ3n) is 1.74. The van der Waals surface area contributed by atoms with Gasteiger partial charge in [-0.3, -0.25) is 19.3 Å². The SMILES string of the molecule is CC1=CC(=O)N(CCC(=O)O)C1=O. The number of rotatable bonds is 3. The van der Waals surface area contributed by atoms with Gasteiger partial charge in [-0.1, -0.05) is 0 Å². The monoisotopic (exact) mass is 183 g/mol. The quantitative estimate of drug-likeness (QED) is 0.613. The number of imide groups is 1. The van der Waals surface area contributed by atoms with Crippen molar-refractivity contribution in [1.29, 1.82) is 0 Å². The summed E-state index contributed by atoms with van der Waals surface area (Å²) < 4.78 is 0. The summed E-state index contributed by atoms with van der Waals surface area (Å²) in [4.78, 5) is 33.3. The number of carboxylic acid groups (broad SMARTS) is 1. The molecule has 0 aliphatic carbocycles. The number of hydrogen-bond donors (Lipinski definition) is 1. The third kappa shape index (κ3) is 1.93. The second-order valence-corrected chi connectivity index (χ2v) is 2.77. The highest BCUT2D eigenvalue weighted by atomic mass is 16.4. The molecule has 13 heavy (non-hydrogen) atoms. The zero-order valence-corrected chi connectivity index (χ0v) is 7.11. The fraction of sp³-hybridized carbons (Fsp3) is 0.375. The molecule has 2 amide bonds. The van der Waals surface area contributed by atoms with Crippen LogP contribution in [0.2, 0.25) is 0 Å². The lowest BCUT2D eigenvalue weighted by molar-refractivity contribution is -0.140. The minimum Gasteiger partial charge on any atom is -0.481 e. The van der Waals surface area contributed by atoms with Crippen molar-refractivity contribution in [3.05, 3.63) is 11.6 Å². The Morgan fingerprint density at radius 1 is 1.54 bits per heavy atom. The van der Waals surface area contributed by atoms with Crippen molar-refractivity contribution < 1.29 is 19.5 Å². The molecule has 0 fully saturated rings. The van der Waals surface area contributed by atoms with E-state index in [4.69, 9.17) is 5.11 Å². The van der Waals surface area contributed by atoms with Crippen LogP contribution in [-0.4, -0.2) is 34.3 Å². The highest BCUT2D eigenvalue weighted by Gasteiger charge is 2.28. The maximum Gasteiger partial charge on any atom is 0.305 e. The van der Waals surface area contributed by atoms with E-state index in [0.717, 1.165) is 4.90 Å². The Labute approximate surface area is 74.6 Å². The molecule has 0 atom stereocenters. The molecule has 5 heteroatoms. The molecule has 0 radical (unpaired) electrons. The molecule has 1 rings (SSSR count). The minimum atomic E-state index is -1.02. The Bertz CT molecular complexity index is 305. The molecule has 0 aromatic rings. The Morgan fingerprint density at radius 2 is 2.15 bits per heavy atom. The summed E-state index contributed by atoms with van der Waals surface area (Å²) in [7, 11) is 0. The number of nitrogens with zero attached hydrogens (tertiary/aromatic N) is 1. The molecule has 0 saturated carbocycles. The van der Waals surface area contributed by atoms with E-state index in [-0.39, 0.29) is 13.0 Å². The van der Waals surface area contributed by atoms with Crippen molar-refractivity contribution in [2.45, 2.75) is 13.3 Å². The van der Waals surface area contributed by atoms with Crippen molar-refractivity contribution in [2.75, 3.05) is 6.54 Å². The molecule has 70 valence electrons. The lowest BCUT2D eigenvalue weighted by Gasteiger charge is -2.11. The second-order valence-electron chi connectivity index (χ2n) is 2.77. The first-order valence-corrected chi connectivity index (χ1v) is 3.78. The van der Waals surface area contributed by atoms with Crippen molar-refractivity contribution >= 4 is 17.8 Å². The lowest BCUT2D eigenvalue weighted by atomic mass is 10.3. The standard InChI is InChI=1S/C8H9NO4/c1-5-4-6(10)9(8(5)13)3-2-7(11)12/h4H,2-3H2,1H3,(H,11,12). The van der Waals surface area contributed by atoms with Crippen molar-refractivity contribution in [3.8, 4) is 0 Å². The molecule has 0 aromatic carbocycles. The molecule has 0 spiro atoms. The second kappa shape index (κ2) is 3.38. The molecule has 1 aliphatic rings. The fourth-order valence-electron chi connectivity index (χ4n) is 1.06. The fourth-order valence-corrected chi connectivity index (χ4v) is 1.06. The van der Waals surface area contributed by atoms with E-state index in [0.29, 0.717) is 5.57 Å². The maximum atomic E-state index is 11.2. The van der Waals surface area contributed by atoms with Gasteiger partial charge in [0.05, 0.1) is 6.42 Å². The number of aliphatic carboxylic acids is 1. The molecular weight excluding hydrogens is 174 g/mol. The molecule has 0 aromatic heterocycles. The van der Waals surface area contributed by atoms with E-state index < -0.39 is 17.8 Å². The molecule has 0 bridgehead atoms. The smallest absolute Gasteiger partial charge is 0.305 e. The molecule has 0 unspecified atom stereocenters. The van der Waals surface area contributed by atoms with Crippen molar-refractivity contribution in [2.24, 2.45) is 0 Å². The van der Waals surface area contributed by atoms with Crippen LogP contribution in [0.3, 0.4) is 0 Å². The number of hydrogen-bond acceptors (Lipinski definition) is 3. The molecular formula is C8H9NO4. The van der Waals surface area contributed by atoms with Gasteiger partial charge >= 0.3 is 5.97 Å². The van der Waals surface area contributed by atoms with Crippen LogP contribution in [0.25, 0.3) is 0 Å². The largest absolute Gasteiger partial charge is 0.481 e. The van der Waals surface area contributed by atoms with Crippen LogP contribution in [0.15, 0.2) is 11.6 Å². The molecule has 5 nitrogen and oxygen atoms in total. The summed E-state index contributed by atoms with van der Waals surface area (Å²) in [6.07, 6.45) is 1.00. The summed E-state index contributed by atoms with van der Waals surface area (Å²) in [5.41, 5.74) is 0.357. The van der Waals surface area contributed by atoms with Gasteiger partial charge in [-0.2, -0.15) is 0 Å². The first kappa shape index (κ1) is 9.44. The van der Waals surface area contributed by atoms with Crippen molar-refractivity contribution in [3.63, 3.8) is 0 Å². The average Bonchev–Trinajstić information content (AvgIpc) is 2.24. The van der Waals surface area contributed by atoms with Gasteiger partial charge in [-0.05, 0) is 6.92 Å². The van der Waals surface area contributed by atoms with Gasteiger partial charge in [0.2, 0.25) is 0 Å². The first-order valence-electron chi connectivity index (χ1n) is 3.78. The number of carboxylic acids is 1. The van der Waals surface area contributed by atoms with E-state index in [1.165, 1.54) is 13.0 Å². The highest BCUT2D eigenvalue weighted by Crippen LogP contribution is 2.11. The van der Waals surface area contributed by atoms with Gasteiger partial charge in [0.1, 0.15) is 0 Å². The van der Waals surface area contributed by atoms with Crippen LogP contribution in [-0.2, 0) is 14.4 Å². The van der Waals surface area contributed by atoms with E-state index in [2.05, 4.69) is 0 Å². The lowest BCUT2D eigenvalue weighted by Crippen LogP contribution is -2.32. The topological polar surface area (TPSA) is 74.7 Å². The van der Waals surface area contributed by atoms with Gasteiger partial charge in [-0.15, -0.1) is 0 Å². The van der Waals surface area contributed by atoms with Gasteiger partial charge in [0.25, 0.3) is 11.8 Å². The zero-order valence-electron chi connectivity index (χ0n) is 7.11. The Hall–Kier alpha value is -1.65. The molecule has 1 heterocycles. The summed E-state index contributed by atoms with van der Waals surface area (Å²) in [5, 5.41) is 8.35. The van der Waals surface area contributed by atoms with E-state index >= 15 is 0 Å². The first-order chi connectivity index (χ1) is 6.02. The van der Waals surface area contributed by atoms with Crippen LogP contribution < -0.4 is 0 Å². The molecule has 0 saturated heterocycles. The number of carbonyl (C=O) groups excluding carboxylic acids is 2. The van der Waals surface area contributed by atoms with Gasteiger partial charge in [0.15, 0.2) is 0 Å². The number of amides is 2. The van der Waals surface area contributed by atoms with E-state index in [1.54, 1.807) is 0 Å². The number of carbonyl (C=O) groups is 3. The van der Waals surface area contributed by atoms with E-state index in [9.17, 15) is 14.4 Å². The van der Waals surface area contributed by atoms with Crippen LogP contribution >= 0.6 is 0 Å². The van der Waals surface area contributed by atoms with Gasteiger partial charge in [-0.25, -0.2) is 0 Å². The molecule has 1 N–H and O–H groups in total. The zero-order chi connectivity index (χ0) is 10.0. The van der Waals surface area contributed by atoms with Crippen LogP contribution in [0.5, 0.6) is 0 Å². The normalized spacial score (nSPS) is 16.4. The maximum absolute atomic E-state index is 11.2. The van der Waals surface area contributed by atoms with Crippen LogP contribution in [0.4, 0.5) is 0 Å². The summed E-state index contributed by atoms with van der Waals surface area (Å²) in [6.45, 7) is 1.47.